The number of hydrogen-bond acceptors (Lipinski definition) is 5. The molecule has 176 valence electrons. The zero-order valence-electron chi connectivity index (χ0n) is 19.8. The first-order valence-electron chi connectivity index (χ1n) is 10.9. The third-order valence-corrected chi connectivity index (χ3v) is 7.79. The van der Waals surface area contributed by atoms with E-state index in [-0.39, 0.29) is 46.7 Å². The maximum absolute atomic E-state index is 13.1. The molecule has 0 saturated heterocycles. The molecule has 6 unspecified atom stereocenters. The Balaban J connectivity index is 6.11. The van der Waals surface area contributed by atoms with E-state index in [1.54, 1.807) is 6.92 Å². The predicted molar refractivity (Wildman–Crippen MR) is 128 cm³/mol. The van der Waals surface area contributed by atoms with E-state index in [1.807, 2.05) is 48.5 Å². The zero-order chi connectivity index (χ0) is 23.9. The molecule has 0 bridgehead atoms. The highest BCUT2D eigenvalue weighted by Crippen LogP contribution is 2.48. The second-order valence-corrected chi connectivity index (χ2v) is 11.2. The van der Waals surface area contributed by atoms with Crippen molar-refractivity contribution in [2.75, 3.05) is 12.4 Å². The molecule has 1 N–H and O–H groups in total. The van der Waals surface area contributed by atoms with Crippen molar-refractivity contribution in [2.45, 2.75) is 79.5 Å². The number of Topliss-reactive ketones (excluding diaryl/α,β-unsaturated/α-hetero) is 1. The molecule has 0 aromatic heterocycles. The molecule has 0 saturated carbocycles. The number of carboxylic acid groups (broad SMARTS) is 1. The fraction of sp³-hybridized carbons (Fsp3) is 0.870. The standard InChI is InChI=1S/C23H41BrO5S/c1-9-17(15(4)18(20(26)27)11-14(3)24)12-23(8,21(28)29-10-2)16(5)22(6,7)19(25)13-30/h14-18,30H,9-13H2,1-8H3,(H,26,27). The second kappa shape index (κ2) is 12.5. The molecule has 0 aliphatic carbocycles. The SMILES string of the molecule is CCOC(=O)C(C)(CC(CC)C(C)C(CC(C)Br)C(=O)O)C(C)C(C)(C)C(=O)CS. The first-order chi connectivity index (χ1) is 13.7. The smallest absolute Gasteiger partial charge is 0.312 e. The first kappa shape index (κ1) is 29.4. The van der Waals surface area contributed by atoms with E-state index < -0.39 is 22.7 Å². The van der Waals surface area contributed by atoms with Crippen molar-refractivity contribution in [1.82, 2.24) is 0 Å². The van der Waals surface area contributed by atoms with Gasteiger partial charge >= 0.3 is 11.9 Å². The van der Waals surface area contributed by atoms with E-state index in [0.717, 1.165) is 6.42 Å². The van der Waals surface area contributed by atoms with Crippen LogP contribution < -0.4 is 0 Å². The van der Waals surface area contributed by atoms with Gasteiger partial charge in [-0.1, -0.05) is 63.9 Å². The van der Waals surface area contributed by atoms with Crippen molar-refractivity contribution in [2.24, 2.45) is 34.5 Å². The number of thiol groups is 1. The molecular formula is C23H41BrO5S. The van der Waals surface area contributed by atoms with Crippen molar-refractivity contribution in [3.8, 4) is 0 Å². The summed E-state index contributed by atoms with van der Waals surface area (Å²) in [5, 5.41) is 9.81. The van der Waals surface area contributed by atoms with Gasteiger partial charge in [-0.2, -0.15) is 12.6 Å². The molecule has 7 heteroatoms. The van der Waals surface area contributed by atoms with Crippen LogP contribution in [0.2, 0.25) is 0 Å². The number of carbonyl (C=O) groups excluding carboxylic acids is 2. The van der Waals surface area contributed by atoms with Crippen LogP contribution in [0.1, 0.15) is 74.7 Å². The quantitative estimate of drug-likeness (QED) is 0.180. The summed E-state index contributed by atoms with van der Waals surface area (Å²) in [6, 6.07) is 0. The minimum atomic E-state index is -0.921. The van der Waals surface area contributed by atoms with Gasteiger partial charge < -0.3 is 9.84 Å². The average Bonchev–Trinajstić information content (AvgIpc) is 2.67. The van der Waals surface area contributed by atoms with Gasteiger partial charge in [0.1, 0.15) is 5.78 Å². The van der Waals surface area contributed by atoms with Gasteiger partial charge in [0.2, 0.25) is 0 Å². The Kier molecular flexibility index (Phi) is 12.2. The van der Waals surface area contributed by atoms with Gasteiger partial charge in [0.15, 0.2) is 0 Å². The number of esters is 1. The minimum Gasteiger partial charge on any atom is -0.481 e. The maximum Gasteiger partial charge on any atom is 0.312 e. The van der Waals surface area contributed by atoms with Crippen LogP contribution in [0.25, 0.3) is 0 Å². The van der Waals surface area contributed by atoms with E-state index in [2.05, 4.69) is 28.6 Å². The fourth-order valence-electron chi connectivity index (χ4n) is 4.44. The lowest BCUT2D eigenvalue weighted by Gasteiger charge is -2.44. The number of halogens is 1. The monoisotopic (exact) mass is 508 g/mol. The van der Waals surface area contributed by atoms with Crippen LogP contribution in [0.15, 0.2) is 0 Å². The lowest BCUT2D eigenvalue weighted by atomic mass is 9.59. The van der Waals surface area contributed by atoms with Crippen molar-refractivity contribution in [3.05, 3.63) is 0 Å². The first-order valence-corrected chi connectivity index (χ1v) is 12.4. The van der Waals surface area contributed by atoms with Gasteiger partial charge in [0.05, 0.1) is 17.9 Å². The van der Waals surface area contributed by atoms with Crippen molar-refractivity contribution >= 4 is 46.3 Å². The Morgan fingerprint density at radius 3 is 2.00 bits per heavy atom. The molecule has 5 nitrogen and oxygen atoms in total. The number of carbonyl (C=O) groups is 3. The Labute approximate surface area is 196 Å². The van der Waals surface area contributed by atoms with E-state index >= 15 is 0 Å². The highest BCUT2D eigenvalue weighted by atomic mass is 79.9. The van der Waals surface area contributed by atoms with Crippen LogP contribution in [-0.4, -0.2) is 40.0 Å². The second-order valence-electron chi connectivity index (χ2n) is 9.36. The average molecular weight is 510 g/mol. The van der Waals surface area contributed by atoms with Gasteiger partial charge in [-0.15, -0.1) is 0 Å². The molecule has 0 aliphatic rings. The molecule has 0 heterocycles. The molecule has 0 radical (unpaired) electrons. The van der Waals surface area contributed by atoms with Crippen molar-refractivity contribution < 1.29 is 24.2 Å². The number of aliphatic carboxylic acids is 1. The van der Waals surface area contributed by atoms with Gasteiger partial charge in [0, 0.05) is 16.0 Å². The van der Waals surface area contributed by atoms with Gasteiger partial charge in [-0.05, 0) is 44.4 Å². The molecule has 0 aliphatic heterocycles. The number of alkyl halides is 1. The third kappa shape index (κ3) is 7.25. The lowest BCUT2D eigenvalue weighted by molar-refractivity contribution is -0.164. The van der Waals surface area contributed by atoms with Crippen LogP contribution in [-0.2, 0) is 19.1 Å². The van der Waals surface area contributed by atoms with E-state index in [0.29, 0.717) is 12.8 Å². The fourth-order valence-corrected chi connectivity index (χ4v) is 5.25. The normalized spacial score (nSPS) is 19.1. The summed E-state index contributed by atoms with van der Waals surface area (Å²) in [5.41, 5.74) is -1.68. The van der Waals surface area contributed by atoms with Crippen LogP contribution in [0.4, 0.5) is 0 Å². The third-order valence-electron chi connectivity index (χ3n) is 7.13. The molecule has 0 aromatic carbocycles. The topological polar surface area (TPSA) is 80.7 Å². The molecule has 0 fully saturated rings. The summed E-state index contributed by atoms with van der Waals surface area (Å²) in [5.74, 6) is -2.01. The van der Waals surface area contributed by atoms with E-state index in [4.69, 9.17) is 4.74 Å². The van der Waals surface area contributed by atoms with Crippen LogP contribution in [0.3, 0.4) is 0 Å². The Hall–Kier alpha value is -0.560. The van der Waals surface area contributed by atoms with Crippen molar-refractivity contribution in [1.29, 1.82) is 0 Å². The van der Waals surface area contributed by atoms with E-state index in [1.165, 1.54) is 0 Å². The summed E-state index contributed by atoms with van der Waals surface area (Å²) < 4.78 is 5.44. The zero-order valence-corrected chi connectivity index (χ0v) is 22.3. The summed E-state index contributed by atoms with van der Waals surface area (Å²) in [6.07, 6.45) is 1.72. The van der Waals surface area contributed by atoms with Gasteiger partial charge in [0.25, 0.3) is 0 Å². The van der Waals surface area contributed by atoms with Gasteiger partial charge in [-0.25, -0.2) is 0 Å². The summed E-state index contributed by atoms with van der Waals surface area (Å²) in [7, 11) is 0. The number of hydrogen-bond donors (Lipinski definition) is 2. The molecule has 0 spiro atoms. The molecule has 0 aromatic rings. The summed E-state index contributed by atoms with van der Waals surface area (Å²) in [4.78, 5) is 37.8. The number of carboxylic acids is 1. The van der Waals surface area contributed by atoms with Crippen LogP contribution in [0.5, 0.6) is 0 Å². The Morgan fingerprint density at radius 1 is 1.10 bits per heavy atom. The summed E-state index contributed by atoms with van der Waals surface area (Å²) in [6.45, 7) is 15.4. The highest BCUT2D eigenvalue weighted by Gasteiger charge is 2.51. The van der Waals surface area contributed by atoms with E-state index in [9.17, 15) is 19.5 Å². The molecular weight excluding hydrogens is 468 g/mol. The van der Waals surface area contributed by atoms with Crippen LogP contribution >= 0.6 is 28.6 Å². The molecule has 0 rings (SSSR count). The molecule has 6 atom stereocenters. The predicted octanol–water partition coefficient (Wildman–Crippen LogP) is 5.64. The molecule has 0 amide bonds. The number of rotatable bonds is 14. The van der Waals surface area contributed by atoms with Gasteiger partial charge in [-0.3, -0.25) is 14.4 Å². The Bertz CT molecular complexity index is 592. The van der Waals surface area contributed by atoms with Crippen molar-refractivity contribution in [3.63, 3.8) is 0 Å². The maximum atomic E-state index is 13.1. The number of ether oxygens (including phenoxy) is 1. The largest absolute Gasteiger partial charge is 0.481 e. The van der Waals surface area contributed by atoms with Crippen LogP contribution in [0, 0.1) is 34.5 Å². The molecule has 30 heavy (non-hydrogen) atoms. The lowest BCUT2D eigenvalue weighted by Crippen LogP contribution is -2.48. The highest BCUT2D eigenvalue weighted by molar-refractivity contribution is 9.09. The Morgan fingerprint density at radius 2 is 1.63 bits per heavy atom. The number of ketones is 1. The summed E-state index contributed by atoms with van der Waals surface area (Å²) >= 11 is 7.64. The minimum absolute atomic E-state index is 0.00360.